The smallest absolute Gasteiger partial charge is 0.337 e. The van der Waals surface area contributed by atoms with Crippen molar-refractivity contribution < 1.29 is 19.7 Å². The van der Waals surface area contributed by atoms with Crippen molar-refractivity contribution in [1.29, 1.82) is 0 Å². The number of hydrogen-bond donors (Lipinski definition) is 2. The molecule has 0 bridgehead atoms. The molecule has 0 aromatic carbocycles. The van der Waals surface area contributed by atoms with Gasteiger partial charge in [0, 0.05) is 12.3 Å². The van der Waals surface area contributed by atoms with Crippen molar-refractivity contribution in [3.63, 3.8) is 0 Å². The maximum Gasteiger partial charge on any atom is 0.337 e. The van der Waals surface area contributed by atoms with Gasteiger partial charge in [-0.05, 0) is 19.3 Å². The van der Waals surface area contributed by atoms with E-state index in [1.54, 1.807) is 0 Å². The van der Waals surface area contributed by atoms with Gasteiger partial charge in [-0.1, -0.05) is 6.92 Å². The summed E-state index contributed by atoms with van der Waals surface area (Å²) < 4.78 is 5.07. The summed E-state index contributed by atoms with van der Waals surface area (Å²) in [5.41, 5.74) is 0.380. The van der Waals surface area contributed by atoms with Gasteiger partial charge < -0.3 is 14.9 Å². The quantitative estimate of drug-likeness (QED) is 0.591. The molecular formula is C11H16O4. The molecule has 4 heteroatoms. The van der Waals surface area contributed by atoms with Crippen LogP contribution in [0.1, 0.15) is 26.7 Å². The lowest BCUT2D eigenvalue weighted by molar-refractivity contribution is -0.151. The van der Waals surface area contributed by atoms with Crippen LogP contribution in [0.25, 0.3) is 0 Å². The Labute approximate surface area is 88.6 Å². The van der Waals surface area contributed by atoms with Crippen molar-refractivity contribution in [2.24, 2.45) is 11.8 Å². The lowest BCUT2D eigenvalue weighted by atomic mass is 9.73. The van der Waals surface area contributed by atoms with Crippen LogP contribution >= 0.6 is 0 Å². The third-order valence-corrected chi connectivity index (χ3v) is 3.44. The molecule has 0 amide bonds. The number of esters is 1. The predicted octanol–water partition coefficient (Wildman–Crippen LogP) is 1.15. The molecule has 1 aliphatic heterocycles. The Hall–Kier alpha value is -1.03. The van der Waals surface area contributed by atoms with E-state index in [-0.39, 0.29) is 30.1 Å². The molecule has 1 aliphatic carbocycles. The van der Waals surface area contributed by atoms with Crippen molar-refractivity contribution in [2.75, 3.05) is 0 Å². The van der Waals surface area contributed by atoms with Crippen molar-refractivity contribution in [2.45, 2.75) is 38.9 Å². The molecule has 0 radical (unpaired) electrons. The highest BCUT2D eigenvalue weighted by atomic mass is 16.5. The zero-order valence-electron chi connectivity index (χ0n) is 8.93. The van der Waals surface area contributed by atoms with E-state index in [0.717, 1.165) is 0 Å². The second-order valence-corrected chi connectivity index (χ2v) is 4.55. The Morgan fingerprint density at radius 1 is 1.40 bits per heavy atom. The largest absolute Gasteiger partial charge is 0.512 e. The normalized spacial score (nSPS) is 41.1. The van der Waals surface area contributed by atoms with E-state index >= 15 is 0 Å². The van der Waals surface area contributed by atoms with Gasteiger partial charge in [-0.3, -0.25) is 0 Å². The van der Waals surface area contributed by atoms with Crippen molar-refractivity contribution in [1.82, 2.24) is 0 Å². The topological polar surface area (TPSA) is 66.8 Å². The molecule has 4 atom stereocenters. The molecule has 0 spiro atoms. The Bertz CT molecular complexity index is 321. The first-order valence-corrected chi connectivity index (χ1v) is 5.31. The third-order valence-electron chi connectivity index (χ3n) is 3.44. The summed E-state index contributed by atoms with van der Waals surface area (Å²) in [5, 5.41) is 19.4. The summed E-state index contributed by atoms with van der Waals surface area (Å²) in [4.78, 5) is 11.6. The number of hydrogen-bond acceptors (Lipinski definition) is 4. The van der Waals surface area contributed by atoms with E-state index in [0.29, 0.717) is 12.0 Å². The summed E-state index contributed by atoms with van der Waals surface area (Å²) in [7, 11) is 0. The van der Waals surface area contributed by atoms with Gasteiger partial charge in [0.1, 0.15) is 5.76 Å². The first kappa shape index (κ1) is 10.5. The number of carbonyl (C=O) groups is 1. The van der Waals surface area contributed by atoms with Gasteiger partial charge in [-0.2, -0.15) is 0 Å². The minimum Gasteiger partial charge on any atom is -0.512 e. The zero-order chi connectivity index (χ0) is 11.2. The Balaban J connectivity index is 2.37. The van der Waals surface area contributed by atoms with E-state index in [4.69, 9.17) is 4.74 Å². The van der Waals surface area contributed by atoms with Gasteiger partial charge in [0.25, 0.3) is 0 Å². The first-order chi connectivity index (χ1) is 7.00. The van der Waals surface area contributed by atoms with E-state index in [1.807, 2.05) is 13.8 Å². The maximum atomic E-state index is 11.6. The van der Waals surface area contributed by atoms with Gasteiger partial charge in [-0.15, -0.1) is 0 Å². The molecule has 0 aromatic heterocycles. The monoisotopic (exact) mass is 212 g/mol. The van der Waals surface area contributed by atoms with Crippen molar-refractivity contribution in [3.8, 4) is 0 Å². The molecule has 1 saturated heterocycles. The van der Waals surface area contributed by atoms with Crippen LogP contribution in [0.3, 0.4) is 0 Å². The molecule has 4 unspecified atom stereocenters. The number of fused-ring (bicyclic) bond motifs is 1. The van der Waals surface area contributed by atoms with Crippen molar-refractivity contribution >= 4 is 5.97 Å². The average molecular weight is 212 g/mol. The minimum atomic E-state index is -0.558. The lowest BCUT2D eigenvalue weighted by Gasteiger charge is -2.38. The molecule has 2 rings (SSSR count). The van der Waals surface area contributed by atoms with Crippen molar-refractivity contribution in [3.05, 3.63) is 11.3 Å². The molecule has 1 fully saturated rings. The summed E-state index contributed by atoms with van der Waals surface area (Å²) in [6, 6.07) is 0. The van der Waals surface area contributed by atoms with Gasteiger partial charge in [0.15, 0.2) is 0 Å². The summed E-state index contributed by atoms with van der Waals surface area (Å²) in [6.07, 6.45) is 0.156. The van der Waals surface area contributed by atoms with Crippen LogP contribution < -0.4 is 0 Å². The van der Waals surface area contributed by atoms with Crippen LogP contribution in [0.4, 0.5) is 0 Å². The standard InChI is InChI=1S/C11H16O4/c1-5-3-7-6(2)8(12)4-9(13)10(7)11(14)15-5/h5-8,12-13H,3-4H2,1-2H3. The van der Waals surface area contributed by atoms with Crippen LogP contribution in [0.15, 0.2) is 11.3 Å². The molecule has 15 heavy (non-hydrogen) atoms. The highest BCUT2D eigenvalue weighted by Gasteiger charge is 2.43. The Morgan fingerprint density at radius 3 is 2.73 bits per heavy atom. The fraction of sp³-hybridized carbons (Fsp3) is 0.727. The summed E-state index contributed by atoms with van der Waals surface area (Å²) in [5.74, 6) is -0.478. The van der Waals surface area contributed by atoms with Crippen LogP contribution in [-0.2, 0) is 9.53 Å². The average Bonchev–Trinajstić information content (AvgIpc) is 2.12. The van der Waals surface area contributed by atoms with Gasteiger partial charge in [0.2, 0.25) is 0 Å². The minimum absolute atomic E-state index is 0.00231. The fourth-order valence-electron chi connectivity index (χ4n) is 2.49. The number of carbonyl (C=O) groups excluding carboxylic acids is 1. The van der Waals surface area contributed by atoms with E-state index in [2.05, 4.69) is 0 Å². The zero-order valence-corrected chi connectivity index (χ0v) is 8.93. The van der Waals surface area contributed by atoms with Crippen LogP contribution in [0.5, 0.6) is 0 Å². The van der Waals surface area contributed by atoms with Crippen LogP contribution in [0.2, 0.25) is 0 Å². The highest BCUT2D eigenvalue weighted by molar-refractivity contribution is 5.90. The van der Waals surface area contributed by atoms with Gasteiger partial charge in [0.05, 0.1) is 17.8 Å². The maximum absolute atomic E-state index is 11.6. The summed E-state index contributed by atoms with van der Waals surface area (Å²) >= 11 is 0. The van der Waals surface area contributed by atoms with E-state index in [1.165, 1.54) is 0 Å². The second-order valence-electron chi connectivity index (χ2n) is 4.55. The van der Waals surface area contributed by atoms with Crippen LogP contribution in [0, 0.1) is 11.8 Å². The SMILES string of the molecule is CC1CC2C(=C(O)CC(O)C2C)C(=O)O1. The highest BCUT2D eigenvalue weighted by Crippen LogP contribution is 2.40. The van der Waals surface area contributed by atoms with Gasteiger partial charge >= 0.3 is 5.97 Å². The summed E-state index contributed by atoms with van der Waals surface area (Å²) in [6.45, 7) is 3.74. The van der Waals surface area contributed by atoms with Gasteiger partial charge in [-0.25, -0.2) is 4.79 Å². The molecule has 0 aromatic rings. The number of rotatable bonds is 0. The number of ether oxygens (including phenoxy) is 1. The predicted molar refractivity (Wildman–Crippen MR) is 53.1 cm³/mol. The number of cyclic esters (lactones) is 1. The van der Waals surface area contributed by atoms with E-state index < -0.39 is 12.1 Å². The first-order valence-electron chi connectivity index (χ1n) is 5.31. The molecule has 2 aliphatic rings. The Kier molecular flexibility index (Phi) is 2.46. The molecule has 0 saturated carbocycles. The second kappa shape index (κ2) is 3.52. The number of aliphatic hydroxyl groups excluding tert-OH is 2. The number of aliphatic hydroxyl groups is 2. The lowest BCUT2D eigenvalue weighted by Crippen LogP contribution is -2.41. The third kappa shape index (κ3) is 1.63. The Morgan fingerprint density at radius 2 is 2.07 bits per heavy atom. The van der Waals surface area contributed by atoms with E-state index in [9.17, 15) is 15.0 Å². The molecule has 2 N–H and O–H groups in total. The fourth-order valence-corrected chi connectivity index (χ4v) is 2.49. The molecule has 4 nitrogen and oxygen atoms in total. The van der Waals surface area contributed by atoms with Crippen LogP contribution in [-0.4, -0.2) is 28.4 Å². The molecular weight excluding hydrogens is 196 g/mol. The molecule has 1 heterocycles. The molecule has 84 valence electrons.